The third-order valence-corrected chi connectivity index (χ3v) is 3.02. The van der Waals surface area contributed by atoms with Gasteiger partial charge in [-0.2, -0.15) is 0 Å². The van der Waals surface area contributed by atoms with Crippen molar-refractivity contribution in [1.29, 1.82) is 0 Å². The van der Waals surface area contributed by atoms with Crippen LogP contribution < -0.4 is 0 Å². The van der Waals surface area contributed by atoms with Crippen LogP contribution in [0.1, 0.15) is 20.3 Å². The van der Waals surface area contributed by atoms with Crippen molar-refractivity contribution in [3.63, 3.8) is 0 Å². The molecule has 0 atom stereocenters. The molecule has 0 spiro atoms. The monoisotopic (exact) mass is 228 g/mol. The van der Waals surface area contributed by atoms with Crippen LogP contribution in [0.3, 0.4) is 0 Å². The normalized spacial score (nSPS) is 17.2. The van der Waals surface area contributed by atoms with Crippen molar-refractivity contribution < 1.29 is 14.7 Å². The molecule has 0 aliphatic carbocycles. The first-order valence-corrected chi connectivity index (χ1v) is 5.60. The van der Waals surface area contributed by atoms with Crippen LogP contribution in [0.2, 0.25) is 0 Å². The number of likely N-dealkylation sites (N-methyl/N-ethyl adjacent to an activating group) is 1. The van der Waals surface area contributed by atoms with Crippen LogP contribution in [0.25, 0.3) is 0 Å². The predicted octanol–water partition coefficient (Wildman–Crippen LogP) is 0.260. The van der Waals surface area contributed by atoms with Gasteiger partial charge in [0.2, 0.25) is 5.91 Å². The lowest BCUT2D eigenvalue weighted by atomic mass is 9.96. The van der Waals surface area contributed by atoms with E-state index in [0.717, 1.165) is 13.1 Å². The first-order chi connectivity index (χ1) is 7.40. The van der Waals surface area contributed by atoms with Crippen LogP contribution in [0.15, 0.2) is 0 Å². The Hall–Kier alpha value is -1.10. The molecule has 1 saturated heterocycles. The number of carbonyl (C=O) groups is 2. The molecule has 1 amide bonds. The van der Waals surface area contributed by atoms with Gasteiger partial charge in [-0.1, -0.05) is 0 Å². The zero-order valence-corrected chi connectivity index (χ0v) is 10.1. The summed E-state index contributed by atoms with van der Waals surface area (Å²) < 4.78 is 0. The Morgan fingerprint density at radius 3 is 2.44 bits per heavy atom. The van der Waals surface area contributed by atoms with E-state index >= 15 is 0 Å². The molecule has 1 aliphatic rings. The van der Waals surface area contributed by atoms with E-state index in [0.29, 0.717) is 6.54 Å². The predicted molar refractivity (Wildman–Crippen MR) is 60.1 cm³/mol. The average molecular weight is 228 g/mol. The summed E-state index contributed by atoms with van der Waals surface area (Å²) in [4.78, 5) is 25.8. The fraction of sp³-hybridized carbons (Fsp3) is 0.818. The number of nitrogens with zero attached hydrogens (tertiary/aromatic N) is 2. The number of carbonyl (C=O) groups excluding carboxylic acids is 1. The molecule has 16 heavy (non-hydrogen) atoms. The van der Waals surface area contributed by atoms with Crippen LogP contribution in [0.4, 0.5) is 0 Å². The Morgan fingerprint density at radius 2 is 2.00 bits per heavy atom. The highest BCUT2D eigenvalue weighted by Crippen LogP contribution is 2.18. The minimum atomic E-state index is -0.754. The molecule has 92 valence electrons. The van der Waals surface area contributed by atoms with Gasteiger partial charge in [-0.3, -0.25) is 14.5 Å². The maximum Gasteiger partial charge on any atom is 0.303 e. The van der Waals surface area contributed by atoms with Gasteiger partial charge in [0.05, 0.1) is 13.0 Å². The van der Waals surface area contributed by atoms with Crippen LogP contribution in [0, 0.1) is 5.92 Å². The van der Waals surface area contributed by atoms with E-state index in [2.05, 4.69) is 0 Å². The van der Waals surface area contributed by atoms with Gasteiger partial charge in [-0.15, -0.1) is 0 Å². The number of carboxylic acid groups (broad SMARTS) is 1. The molecule has 0 unspecified atom stereocenters. The van der Waals surface area contributed by atoms with E-state index < -0.39 is 5.97 Å². The van der Waals surface area contributed by atoms with Crippen molar-refractivity contribution in [1.82, 2.24) is 9.80 Å². The quantitative estimate of drug-likeness (QED) is 0.733. The van der Waals surface area contributed by atoms with Gasteiger partial charge in [0.25, 0.3) is 0 Å². The summed E-state index contributed by atoms with van der Waals surface area (Å²) in [7, 11) is 1.79. The van der Waals surface area contributed by atoms with Crippen molar-refractivity contribution in [3.05, 3.63) is 0 Å². The number of hydrogen-bond donors (Lipinski definition) is 1. The Bertz CT molecular complexity index is 272. The third kappa shape index (κ3) is 3.48. The molecular weight excluding hydrogens is 208 g/mol. The summed E-state index contributed by atoms with van der Waals surface area (Å²) in [6.45, 7) is 5.81. The minimum absolute atomic E-state index is 0.101. The topological polar surface area (TPSA) is 60.9 Å². The molecule has 5 heteroatoms. The van der Waals surface area contributed by atoms with Crippen molar-refractivity contribution in [2.75, 3.05) is 26.7 Å². The molecule has 5 nitrogen and oxygen atoms in total. The van der Waals surface area contributed by atoms with Gasteiger partial charge in [-0.05, 0) is 19.8 Å². The Morgan fingerprint density at radius 1 is 1.44 bits per heavy atom. The summed E-state index contributed by atoms with van der Waals surface area (Å²) in [6, 6.07) is 0.212. The number of likely N-dealkylation sites (tertiary alicyclic amines) is 1. The van der Waals surface area contributed by atoms with Crippen molar-refractivity contribution >= 4 is 11.9 Å². The average Bonchev–Trinajstić information content (AvgIpc) is 2.12. The summed E-state index contributed by atoms with van der Waals surface area (Å²) in [6.07, 6.45) is 0.213. The Balaban J connectivity index is 2.22. The lowest BCUT2D eigenvalue weighted by molar-refractivity contribution is -0.140. The zero-order valence-electron chi connectivity index (χ0n) is 10.1. The minimum Gasteiger partial charge on any atom is -0.481 e. The molecule has 0 bridgehead atoms. The molecule has 1 heterocycles. The zero-order chi connectivity index (χ0) is 12.3. The second kappa shape index (κ2) is 5.30. The molecule has 0 radical (unpaired) electrons. The Labute approximate surface area is 96.0 Å². The standard InChI is InChI=1S/C11H20N2O3/c1-8(2)12(3)10(14)7-13-5-9(6-13)4-11(15)16/h8-9H,4-7H2,1-3H3,(H,15,16). The van der Waals surface area contributed by atoms with Crippen molar-refractivity contribution in [2.45, 2.75) is 26.3 Å². The molecule has 0 aromatic carbocycles. The summed E-state index contributed by atoms with van der Waals surface area (Å²) in [5.74, 6) is -0.436. The summed E-state index contributed by atoms with van der Waals surface area (Å²) in [5.41, 5.74) is 0. The first-order valence-electron chi connectivity index (χ1n) is 5.60. The van der Waals surface area contributed by atoms with E-state index in [9.17, 15) is 9.59 Å². The van der Waals surface area contributed by atoms with Gasteiger partial charge in [0.1, 0.15) is 0 Å². The van der Waals surface area contributed by atoms with E-state index in [1.54, 1.807) is 11.9 Å². The van der Waals surface area contributed by atoms with Gasteiger partial charge in [0.15, 0.2) is 0 Å². The second-order valence-electron chi connectivity index (χ2n) is 4.76. The SMILES string of the molecule is CC(C)N(C)C(=O)CN1CC(CC(=O)O)C1. The molecule has 1 fully saturated rings. The highest BCUT2D eigenvalue weighted by Gasteiger charge is 2.30. The van der Waals surface area contributed by atoms with Crippen LogP contribution in [0.5, 0.6) is 0 Å². The first kappa shape index (κ1) is 13.0. The lowest BCUT2D eigenvalue weighted by Crippen LogP contribution is -2.52. The molecule has 1 N–H and O–H groups in total. The third-order valence-electron chi connectivity index (χ3n) is 3.02. The maximum atomic E-state index is 11.7. The number of amides is 1. The number of rotatable bonds is 5. The summed E-state index contributed by atoms with van der Waals surface area (Å²) in [5, 5.41) is 8.58. The molecule has 0 aromatic heterocycles. The lowest BCUT2D eigenvalue weighted by Gasteiger charge is -2.39. The highest BCUT2D eigenvalue weighted by molar-refractivity contribution is 5.78. The number of hydrogen-bond acceptors (Lipinski definition) is 3. The van der Waals surface area contributed by atoms with Crippen LogP contribution >= 0.6 is 0 Å². The largest absolute Gasteiger partial charge is 0.481 e. The molecule has 1 rings (SSSR count). The number of aliphatic carboxylic acids is 1. The van der Waals surface area contributed by atoms with E-state index in [1.165, 1.54) is 0 Å². The van der Waals surface area contributed by atoms with Crippen molar-refractivity contribution in [2.24, 2.45) is 5.92 Å². The maximum absolute atomic E-state index is 11.7. The highest BCUT2D eigenvalue weighted by atomic mass is 16.4. The number of carboxylic acids is 1. The van der Waals surface area contributed by atoms with Gasteiger partial charge in [-0.25, -0.2) is 0 Å². The van der Waals surface area contributed by atoms with E-state index in [-0.39, 0.29) is 24.3 Å². The van der Waals surface area contributed by atoms with E-state index in [4.69, 9.17) is 5.11 Å². The fourth-order valence-electron chi connectivity index (χ4n) is 1.77. The molecular formula is C11H20N2O3. The van der Waals surface area contributed by atoms with Crippen molar-refractivity contribution in [3.8, 4) is 0 Å². The van der Waals surface area contributed by atoms with Crippen LogP contribution in [-0.2, 0) is 9.59 Å². The summed E-state index contributed by atoms with van der Waals surface area (Å²) >= 11 is 0. The van der Waals surface area contributed by atoms with Gasteiger partial charge in [0, 0.05) is 26.2 Å². The van der Waals surface area contributed by atoms with Crippen LogP contribution in [-0.4, -0.2) is 59.5 Å². The molecule has 0 aromatic rings. The second-order valence-corrected chi connectivity index (χ2v) is 4.76. The molecule has 1 aliphatic heterocycles. The smallest absolute Gasteiger partial charge is 0.303 e. The van der Waals surface area contributed by atoms with E-state index in [1.807, 2.05) is 18.7 Å². The van der Waals surface area contributed by atoms with Gasteiger partial charge < -0.3 is 10.0 Å². The fourth-order valence-corrected chi connectivity index (χ4v) is 1.77. The Kier molecular flexibility index (Phi) is 4.29. The van der Waals surface area contributed by atoms with Gasteiger partial charge >= 0.3 is 5.97 Å². The molecule has 0 saturated carbocycles.